The third kappa shape index (κ3) is 2.52. The van der Waals surface area contributed by atoms with Crippen LogP contribution in [0.1, 0.15) is 0 Å². The second-order valence-corrected chi connectivity index (χ2v) is 6.40. The van der Waals surface area contributed by atoms with Crippen molar-refractivity contribution in [3.8, 4) is 11.1 Å². The van der Waals surface area contributed by atoms with Gasteiger partial charge in [0.2, 0.25) is 0 Å². The molecule has 118 valence electrons. The monoisotopic (exact) mass is 358 g/mol. The van der Waals surface area contributed by atoms with Crippen molar-refractivity contribution in [2.45, 2.75) is 0 Å². The number of benzene rings is 4. The largest absolute Gasteiger partial charge is 0.207 e. The quantitative estimate of drug-likeness (QED) is 0.336. The second kappa shape index (κ2) is 5.73. The first kappa shape index (κ1) is 15.4. The Bertz CT molecular complexity index is 1100. The van der Waals surface area contributed by atoms with Crippen LogP contribution in [0.25, 0.3) is 32.7 Å². The van der Waals surface area contributed by atoms with Crippen molar-refractivity contribution in [3.63, 3.8) is 0 Å². The molecule has 0 fully saturated rings. The maximum absolute atomic E-state index is 13.5. The molecule has 0 aliphatic heterocycles. The van der Waals surface area contributed by atoms with E-state index in [1.54, 1.807) is 6.07 Å². The van der Waals surface area contributed by atoms with Gasteiger partial charge in [-0.25, -0.2) is 8.78 Å². The van der Waals surface area contributed by atoms with Gasteiger partial charge in [0.05, 0.1) is 10.0 Å². The van der Waals surface area contributed by atoms with E-state index >= 15 is 0 Å². The van der Waals surface area contributed by atoms with Crippen LogP contribution in [-0.2, 0) is 0 Å². The fraction of sp³-hybridized carbons (Fsp3) is 0. The third-order valence-corrected chi connectivity index (χ3v) is 4.82. The highest BCUT2D eigenvalue weighted by atomic mass is 35.5. The predicted octanol–water partition coefficient (Wildman–Crippen LogP) is 7.25. The molecule has 0 amide bonds. The summed E-state index contributed by atoms with van der Waals surface area (Å²) in [7, 11) is 0. The fourth-order valence-corrected chi connectivity index (χ4v) is 3.54. The van der Waals surface area contributed by atoms with E-state index in [-0.39, 0.29) is 11.6 Å². The summed E-state index contributed by atoms with van der Waals surface area (Å²) in [6, 6.07) is 16.5. The van der Waals surface area contributed by atoms with Crippen LogP contribution < -0.4 is 0 Å². The molecule has 0 saturated heterocycles. The Morgan fingerprint density at radius 1 is 0.625 bits per heavy atom. The summed E-state index contributed by atoms with van der Waals surface area (Å²) in [5.41, 5.74) is 1.69. The van der Waals surface area contributed by atoms with Crippen molar-refractivity contribution in [1.29, 1.82) is 0 Å². The van der Waals surface area contributed by atoms with Gasteiger partial charge in [0.15, 0.2) is 0 Å². The van der Waals surface area contributed by atoms with Crippen molar-refractivity contribution in [2.75, 3.05) is 0 Å². The highest BCUT2D eigenvalue weighted by molar-refractivity contribution is 6.38. The van der Waals surface area contributed by atoms with Gasteiger partial charge in [-0.2, -0.15) is 0 Å². The Morgan fingerprint density at radius 3 is 2.17 bits per heavy atom. The standard InChI is InChI=1S/C20H10Cl2F2/c21-19-10-15(24)8-12-1-2-13(9-18(12)19)16-5-3-11-7-14(23)4-6-17(11)20(16)22/h1-10H. The van der Waals surface area contributed by atoms with Crippen LogP contribution >= 0.6 is 23.2 Å². The van der Waals surface area contributed by atoms with E-state index < -0.39 is 0 Å². The SMILES string of the molecule is Fc1cc(Cl)c2cc(-c3ccc4cc(F)ccc4c3Cl)ccc2c1. The molecule has 0 spiro atoms. The van der Waals surface area contributed by atoms with E-state index in [9.17, 15) is 8.78 Å². The highest BCUT2D eigenvalue weighted by Gasteiger charge is 2.10. The van der Waals surface area contributed by atoms with Crippen LogP contribution in [0.2, 0.25) is 10.0 Å². The molecule has 4 rings (SSSR count). The molecule has 4 aromatic carbocycles. The smallest absolute Gasteiger partial charge is 0.125 e. The Morgan fingerprint density at radius 2 is 1.33 bits per heavy atom. The van der Waals surface area contributed by atoms with Crippen LogP contribution in [0, 0.1) is 11.6 Å². The number of hydrogen-bond donors (Lipinski definition) is 0. The lowest BCUT2D eigenvalue weighted by molar-refractivity contribution is 0.629. The zero-order valence-electron chi connectivity index (χ0n) is 12.3. The zero-order valence-corrected chi connectivity index (χ0v) is 13.8. The molecule has 0 unspecified atom stereocenters. The lowest BCUT2D eigenvalue weighted by Crippen LogP contribution is -1.85. The maximum Gasteiger partial charge on any atom is 0.125 e. The molecule has 0 aliphatic rings. The molecule has 0 saturated carbocycles. The van der Waals surface area contributed by atoms with Crippen molar-refractivity contribution in [1.82, 2.24) is 0 Å². The lowest BCUT2D eigenvalue weighted by atomic mass is 9.98. The number of halogens is 4. The molecule has 0 nitrogen and oxygen atoms in total. The van der Waals surface area contributed by atoms with Crippen LogP contribution in [0.15, 0.2) is 60.7 Å². The number of hydrogen-bond acceptors (Lipinski definition) is 0. The summed E-state index contributed by atoms with van der Waals surface area (Å²) >= 11 is 12.7. The normalized spacial score (nSPS) is 11.3. The van der Waals surface area contributed by atoms with E-state index in [2.05, 4.69) is 0 Å². The van der Waals surface area contributed by atoms with Gasteiger partial charge in [0.25, 0.3) is 0 Å². The summed E-state index contributed by atoms with van der Waals surface area (Å²) in [5, 5.41) is 3.90. The average molecular weight is 359 g/mol. The van der Waals surface area contributed by atoms with Crippen molar-refractivity contribution < 1.29 is 8.78 Å². The molecule has 0 heterocycles. The van der Waals surface area contributed by atoms with Gasteiger partial charge in [0.1, 0.15) is 11.6 Å². The van der Waals surface area contributed by atoms with Gasteiger partial charge in [-0.15, -0.1) is 0 Å². The van der Waals surface area contributed by atoms with Crippen LogP contribution in [0.4, 0.5) is 8.78 Å². The molecule has 4 heteroatoms. The van der Waals surface area contributed by atoms with Gasteiger partial charge >= 0.3 is 0 Å². The van der Waals surface area contributed by atoms with Gasteiger partial charge in [-0.05, 0) is 52.7 Å². The van der Waals surface area contributed by atoms with E-state index in [1.165, 1.54) is 24.3 Å². The molecule has 24 heavy (non-hydrogen) atoms. The summed E-state index contributed by atoms with van der Waals surface area (Å²) in [6.07, 6.45) is 0. The Labute approximate surface area is 147 Å². The van der Waals surface area contributed by atoms with Crippen molar-refractivity contribution in [2.24, 2.45) is 0 Å². The van der Waals surface area contributed by atoms with E-state index in [1.807, 2.05) is 30.3 Å². The van der Waals surface area contributed by atoms with Crippen LogP contribution in [0.5, 0.6) is 0 Å². The average Bonchev–Trinajstić information content (AvgIpc) is 2.55. The van der Waals surface area contributed by atoms with E-state index in [4.69, 9.17) is 23.2 Å². The predicted molar refractivity (Wildman–Crippen MR) is 96.8 cm³/mol. The molecule has 0 radical (unpaired) electrons. The summed E-state index contributed by atoms with van der Waals surface area (Å²) in [5.74, 6) is -0.670. The van der Waals surface area contributed by atoms with Gasteiger partial charge < -0.3 is 0 Å². The zero-order chi connectivity index (χ0) is 16.8. The van der Waals surface area contributed by atoms with Gasteiger partial charge in [-0.1, -0.05) is 47.5 Å². The van der Waals surface area contributed by atoms with Crippen molar-refractivity contribution in [3.05, 3.63) is 82.3 Å². The molecule has 0 N–H and O–H groups in total. The minimum atomic E-state index is -0.369. The Hall–Kier alpha value is -2.16. The van der Waals surface area contributed by atoms with Gasteiger partial charge in [0, 0.05) is 16.3 Å². The molecule has 4 aromatic rings. The van der Waals surface area contributed by atoms with Gasteiger partial charge in [-0.3, -0.25) is 0 Å². The first-order chi connectivity index (χ1) is 11.5. The summed E-state index contributed by atoms with van der Waals surface area (Å²) in [4.78, 5) is 0. The molecular weight excluding hydrogens is 349 g/mol. The Kier molecular flexibility index (Phi) is 3.67. The maximum atomic E-state index is 13.5. The highest BCUT2D eigenvalue weighted by Crippen LogP contribution is 2.37. The van der Waals surface area contributed by atoms with E-state index in [0.717, 1.165) is 32.7 Å². The first-order valence-electron chi connectivity index (χ1n) is 7.30. The first-order valence-corrected chi connectivity index (χ1v) is 8.05. The minimum absolute atomic E-state index is 0.300. The number of rotatable bonds is 1. The number of fused-ring (bicyclic) bond motifs is 2. The van der Waals surface area contributed by atoms with E-state index in [0.29, 0.717) is 10.0 Å². The molecule has 0 atom stereocenters. The van der Waals surface area contributed by atoms with Crippen molar-refractivity contribution >= 4 is 44.7 Å². The fourth-order valence-electron chi connectivity index (χ4n) is 2.93. The topological polar surface area (TPSA) is 0 Å². The summed E-state index contributed by atoms with van der Waals surface area (Å²) < 4.78 is 26.8. The lowest BCUT2D eigenvalue weighted by Gasteiger charge is -2.10. The molecular formula is C20H10Cl2F2. The van der Waals surface area contributed by atoms with Crippen LogP contribution in [0.3, 0.4) is 0 Å². The summed E-state index contributed by atoms with van der Waals surface area (Å²) in [6.45, 7) is 0. The molecule has 0 aromatic heterocycles. The van der Waals surface area contributed by atoms with Crippen LogP contribution in [-0.4, -0.2) is 0 Å². The third-order valence-electron chi connectivity index (χ3n) is 4.10. The Balaban J connectivity index is 1.95. The second-order valence-electron chi connectivity index (χ2n) is 5.62. The molecule has 0 aliphatic carbocycles. The molecule has 0 bridgehead atoms. The minimum Gasteiger partial charge on any atom is -0.207 e.